The van der Waals surface area contributed by atoms with Gasteiger partial charge in [0.2, 0.25) is 0 Å². The van der Waals surface area contributed by atoms with Gasteiger partial charge in [0.05, 0.1) is 18.2 Å². The van der Waals surface area contributed by atoms with E-state index in [2.05, 4.69) is 32.2 Å². The van der Waals surface area contributed by atoms with Crippen LogP contribution in [0.3, 0.4) is 0 Å². The molecule has 0 spiro atoms. The number of benzene rings is 1. The van der Waals surface area contributed by atoms with Crippen molar-refractivity contribution in [2.24, 2.45) is 0 Å². The van der Waals surface area contributed by atoms with E-state index in [1.165, 1.54) is 0 Å². The van der Waals surface area contributed by atoms with Gasteiger partial charge in [0.15, 0.2) is 0 Å². The van der Waals surface area contributed by atoms with Gasteiger partial charge in [-0.3, -0.25) is 4.90 Å². The van der Waals surface area contributed by atoms with Gasteiger partial charge < -0.3 is 10.1 Å². The number of nitrogens with one attached hydrogen (secondary N) is 1. The molecule has 0 radical (unpaired) electrons. The summed E-state index contributed by atoms with van der Waals surface area (Å²) in [6.07, 6.45) is 0. The lowest BCUT2D eigenvalue weighted by Gasteiger charge is -2.26. The smallest absolute Gasteiger partial charge is 0.0594 e. The maximum atomic E-state index is 6.21. The van der Waals surface area contributed by atoms with Gasteiger partial charge in [-0.15, -0.1) is 0 Å². The number of nitrogens with zero attached hydrogens (tertiary/aromatic N) is 1. The molecule has 2 rings (SSSR count). The molecule has 1 fully saturated rings. The molecule has 1 aromatic carbocycles. The van der Waals surface area contributed by atoms with Crippen molar-refractivity contribution in [3.63, 3.8) is 0 Å². The first-order valence-corrected chi connectivity index (χ1v) is 7.38. The van der Waals surface area contributed by atoms with Crippen molar-refractivity contribution in [3.8, 4) is 0 Å². The predicted octanol–water partition coefficient (Wildman–Crippen LogP) is 2.52. The molecule has 1 saturated heterocycles. The number of hydrogen-bond acceptors (Lipinski definition) is 3. The highest BCUT2D eigenvalue weighted by atomic mass is 79.9. The third-order valence-electron chi connectivity index (χ3n) is 3.06. The predicted molar refractivity (Wildman–Crippen MR) is 78.1 cm³/mol. The van der Waals surface area contributed by atoms with Gasteiger partial charge in [0, 0.05) is 37.2 Å². The fraction of sp³-hybridized carbons (Fsp3) is 0.538. The number of halogens is 2. The lowest BCUT2D eigenvalue weighted by atomic mass is 10.2. The number of hydrogen-bond donors (Lipinski definition) is 1. The molecule has 1 heterocycles. The van der Waals surface area contributed by atoms with Crippen LogP contribution in [0.25, 0.3) is 0 Å². The van der Waals surface area contributed by atoms with Gasteiger partial charge in [-0.05, 0) is 27.6 Å². The standard InChI is InChI=1S/C13H18BrClN2O/c14-12-3-1-2-11(13(12)15)10-16-4-5-17-6-8-18-9-7-17/h1-3,16H,4-10H2. The molecule has 0 atom stereocenters. The molecule has 5 heteroatoms. The average molecular weight is 334 g/mol. The van der Waals surface area contributed by atoms with Crippen LogP contribution in [0, 0.1) is 0 Å². The summed E-state index contributed by atoms with van der Waals surface area (Å²) < 4.78 is 6.27. The minimum Gasteiger partial charge on any atom is -0.379 e. The summed E-state index contributed by atoms with van der Waals surface area (Å²) in [5, 5.41) is 4.23. The summed E-state index contributed by atoms with van der Waals surface area (Å²) in [6, 6.07) is 6.02. The zero-order valence-electron chi connectivity index (χ0n) is 10.3. The Labute approximate surface area is 122 Å². The van der Waals surface area contributed by atoms with Gasteiger partial charge in [0.1, 0.15) is 0 Å². The van der Waals surface area contributed by atoms with Gasteiger partial charge >= 0.3 is 0 Å². The molecule has 0 aromatic heterocycles. The minimum atomic E-state index is 0.802. The summed E-state index contributed by atoms with van der Waals surface area (Å²) in [5.74, 6) is 0. The van der Waals surface area contributed by atoms with Gasteiger partial charge in [-0.2, -0.15) is 0 Å². The van der Waals surface area contributed by atoms with Crippen LogP contribution in [-0.2, 0) is 11.3 Å². The first kappa shape index (κ1) is 14.3. The SMILES string of the molecule is Clc1c(Br)cccc1CNCCN1CCOCC1. The molecule has 3 nitrogen and oxygen atoms in total. The zero-order valence-corrected chi connectivity index (χ0v) is 12.6. The maximum Gasteiger partial charge on any atom is 0.0594 e. The lowest BCUT2D eigenvalue weighted by molar-refractivity contribution is 0.0384. The number of rotatable bonds is 5. The molecular formula is C13H18BrClN2O. The molecule has 0 saturated carbocycles. The summed E-state index contributed by atoms with van der Waals surface area (Å²) in [7, 11) is 0. The van der Waals surface area contributed by atoms with Crippen molar-refractivity contribution >= 4 is 27.5 Å². The third kappa shape index (κ3) is 4.21. The highest BCUT2D eigenvalue weighted by Crippen LogP contribution is 2.25. The second-order valence-corrected chi connectivity index (χ2v) is 5.58. The molecule has 0 aliphatic carbocycles. The Morgan fingerprint density at radius 3 is 2.89 bits per heavy atom. The molecule has 1 aromatic rings. The van der Waals surface area contributed by atoms with Crippen LogP contribution in [0.15, 0.2) is 22.7 Å². The van der Waals surface area contributed by atoms with Gasteiger partial charge in [-0.25, -0.2) is 0 Å². The monoisotopic (exact) mass is 332 g/mol. The molecule has 1 N–H and O–H groups in total. The summed E-state index contributed by atoms with van der Waals surface area (Å²) in [4.78, 5) is 2.42. The Morgan fingerprint density at radius 1 is 1.33 bits per heavy atom. The molecule has 0 unspecified atom stereocenters. The second-order valence-electron chi connectivity index (χ2n) is 4.34. The van der Waals surface area contributed by atoms with E-state index in [4.69, 9.17) is 16.3 Å². The minimum absolute atomic E-state index is 0.802. The van der Waals surface area contributed by atoms with Crippen LogP contribution in [0.4, 0.5) is 0 Å². The van der Waals surface area contributed by atoms with Crippen molar-refractivity contribution in [3.05, 3.63) is 33.3 Å². The molecule has 18 heavy (non-hydrogen) atoms. The van der Waals surface area contributed by atoms with Crippen molar-refractivity contribution in [2.45, 2.75) is 6.54 Å². The number of ether oxygens (including phenoxy) is 1. The third-order valence-corrected chi connectivity index (χ3v) is 4.39. The van der Waals surface area contributed by atoms with E-state index < -0.39 is 0 Å². The first-order valence-electron chi connectivity index (χ1n) is 6.21. The average Bonchev–Trinajstić information content (AvgIpc) is 2.40. The maximum absolute atomic E-state index is 6.21. The van der Waals surface area contributed by atoms with E-state index in [-0.39, 0.29) is 0 Å². The quantitative estimate of drug-likeness (QED) is 0.838. The molecule has 1 aliphatic rings. The molecule has 1 aliphatic heterocycles. The molecule has 0 bridgehead atoms. The van der Waals surface area contributed by atoms with Crippen molar-refractivity contribution in [1.29, 1.82) is 0 Å². The summed E-state index contributed by atoms with van der Waals surface area (Å²) in [6.45, 7) is 6.65. The van der Waals surface area contributed by atoms with E-state index in [9.17, 15) is 0 Å². The second kappa shape index (κ2) is 7.46. The Balaban J connectivity index is 1.70. The van der Waals surface area contributed by atoms with E-state index in [0.29, 0.717) is 0 Å². The van der Waals surface area contributed by atoms with Crippen LogP contribution in [-0.4, -0.2) is 44.3 Å². The zero-order chi connectivity index (χ0) is 12.8. The fourth-order valence-corrected chi connectivity index (χ4v) is 2.57. The summed E-state index contributed by atoms with van der Waals surface area (Å²) in [5.41, 5.74) is 1.13. The molecule has 0 amide bonds. The normalized spacial score (nSPS) is 17.0. The lowest BCUT2D eigenvalue weighted by Crippen LogP contribution is -2.40. The molecular weight excluding hydrogens is 316 g/mol. The van der Waals surface area contributed by atoms with E-state index >= 15 is 0 Å². The Bertz CT molecular complexity index is 383. The highest BCUT2D eigenvalue weighted by Gasteiger charge is 2.09. The Kier molecular flexibility index (Phi) is 5.92. The van der Waals surface area contributed by atoms with Crippen LogP contribution in [0.1, 0.15) is 5.56 Å². The van der Waals surface area contributed by atoms with Crippen LogP contribution in [0.5, 0.6) is 0 Å². The van der Waals surface area contributed by atoms with Gasteiger partial charge in [0.25, 0.3) is 0 Å². The van der Waals surface area contributed by atoms with Crippen molar-refractivity contribution < 1.29 is 4.74 Å². The van der Waals surface area contributed by atoms with Gasteiger partial charge in [-0.1, -0.05) is 23.7 Å². The molecule has 100 valence electrons. The van der Waals surface area contributed by atoms with E-state index in [0.717, 1.165) is 61.0 Å². The van der Waals surface area contributed by atoms with E-state index in [1.54, 1.807) is 0 Å². The Hall–Kier alpha value is -0.130. The van der Waals surface area contributed by atoms with E-state index in [1.807, 2.05) is 12.1 Å². The largest absolute Gasteiger partial charge is 0.379 e. The van der Waals surface area contributed by atoms with Crippen molar-refractivity contribution in [2.75, 3.05) is 39.4 Å². The number of morpholine rings is 1. The highest BCUT2D eigenvalue weighted by molar-refractivity contribution is 9.10. The Morgan fingerprint density at radius 2 is 2.11 bits per heavy atom. The summed E-state index contributed by atoms with van der Waals surface area (Å²) >= 11 is 9.64. The van der Waals surface area contributed by atoms with Crippen LogP contribution in [0.2, 0.25) is 5.02 Å². The van der Waals surface area contributed by atoms with Crippen molar-refractivity contribution in [1.82, 2.24) is 10.2 Å². The topological polar surface area (TPSA) is 24.5 Å². The fourth-order valence-electron chi connectivity index (χ4n) is 1.97. The first-order chi connectivity index (χ1) is 8.77. The van der Waals surface area contributed by atoms with Crippen LogP contribution >= 0.6 is 27.5 Å². The van der Waals surface area contributed by atoms with Crippen LogP contribution < -0.4 is 5.32 Å².